The van der Waals surface area contributed by atoms with Crippen LogP contribution in [0, 0.1) is 5.39 Å². The zero-order valence-electron chi connectivity index (χ0n) is 11.9. The molecule has 0 heterocycles. The van der Waals surface area contributed by atoms with Crippen molar-refractivity contribution in [2.24, 2.45) is 0 Å². The molecule has 22 heavy (non-hydrogen) atoms. The highest BCUT2D eigenvalue weighted by Crippen LogP contribution is 2.20. The normalized spacial score (nSPS) is 10.4. The summed E-state index contributed by atoms with van der Waals surface area (Å²) in [5, 5.41) is 26.3. The van der Waals surface area contributed by atoms with Gasteiger partial charge >= 0.3 is 12.9 Å². The highest BCUT2D eigenvalue weighted by atomic mass is 19.5. The lowest BCUT2D eigenvalue weighted by Gasteiger charge is -2.23. The molecular weight excluding hydrogens is 305 g/mol. The number of hydrogen-bond acceptors (Lipinski definition) is 4. The Hall–Kier alpha value is -1.86. The predicted molar refractivity (Wildman–Crippen MR) is 77.0 cm³/mol. The van der Waals surface area contributed by atoms with E-state index in [9.17, 15) is 17.3 Å². The molecule has 10 heteroatoms. The van der Waals surface area contributed by atoms with Gasteiger partial charge in [0, 0.05) is 44.1 Å². The van der Waals surface area contributed by atoms with Gasteiger partial charge in [-0.1, -0.05) is 0 Å². The number of anilines is 1. The predicted octanol–water partition coefficient (Wildman–Crippen LogP) is 3.04. The van der Waals surface area contributed by atoms with Gasteiger partial charge in [0.2, 0.25) is 5.39 Å². The van der Waals surface area contributed by atoms with Crippen LogP contribution < -0.4 is 4.90 Å². The number of rotatable bonds is 7. The van der Waals surface area contributed by atoms with Crippen molar-refractivity contribution in [2.45, 2.75) is 12.8 Å². The summed E-state index contributed by atoms with van der Waals surface area (Å²) in [5.74, 6) is 0. The van der Waals surface area contributed by atoms with Gasteiger partial charge in [-0.15, -0.1) is 0 Å². The largest absolute Gasteiger partial charge is 0.673 e. The molecule has 0 saturated carbocycles. The van der Waals surface area contributed by atoms with Crippen LogP contribution in [0.5, 0.6) is 0 Å². The summed E-state index contributed by atoms with van der Waals surface area (Å²) in [7, 11) is -6.00. The summed E-state index contributed by atoms with van der Waals surface area (Å²) < 4.78 is 39.0. The van der Waals surface area contributed by atoms with Crippen LogP contribution in [0.3, 0.4) is 0 Å². The molecule has 0 aliphatic rings. The van der Waals surface area contributed by atoms with Crippen molar-refractivity contribution in [1.82, 2.24) is 0 Å². The fraction of sp³-hybridized carbons (Fsp3) is 0.500. The number of aliphatic hydroxyl groups excluding tert-OH is 2. The molecule has 0 radical (unpaired) electrons. The summed E-state index contributed by atoms with van der Waals surface area (Å²) in [4.78, 5) is 5.19. The second-order valence-electron chi connectivity index (χ2n) is 4.25. The lowest BCUT2D eigenvalue weighted by Crippen LogP contribution is -2.26. The van der Waals surface area contributed by atoms with E-state index in [1.165, 1.54) is 0 Å². The first-order valence-corrected chi connectivity index (χ1v) is 6.61. The minimum atomic E-state index is -6.00. The first kappa shape index (κ1) is 20.1. The molecule has 1 rings (SSSR count). The number of benzene rings is 1. The van der Waals surface area contributed by atoms with Gasteiger partial charge in [-0.3, -0.25) is 0 Å². The summed E-state index contributed by atoms with van der Waals surface area (Å²) >= 11 is 0. The van der Waals surface area contributed by atoms with Gasteiger partial charge in [0.25, 0.3) is 0 Å². The van der Waals surface area contributed by atoms with Crippen molar-refractivity contribution in [3.8, 4) is 0 Å². The minimum Gasteiger partial charge on any atom is -0.418 e. The average Bonchev–Trinajstić information content (AvgIpc) is 2.46. The van der Waals surface area contributed by atoms with Gasteiger partial charge in [0.05, 0.1) is 0 Å². The third-order valence-electron chi connectivity index (χ3n) is 2.50. The van der Waals surface area contributed by atoms with E-state index in [0.717, 1.165) is 18.8 Å². The Bertz CT molecular complexity index is 437. The van der Waals surface area contributed by atoms with Crippen LogP contribution in [0.1, 0.15) is 12.8 Å². The van der Waals surface area contributed by atoms with Crippen LogP contribution in [0.15, 0.2) is 24.3 Å². The van der Waals surface area contributed by atoms with Gasteiger partial charge in [-0.05, 0) is 25.0 Å². The molecule has 0 unspecified atom stereocenters. The van der Waals surface area contributed by atoms with Crippen LogP contribution in [0.4, 0.5) is 28.6 Å². The molecule has 0 amide bonds. The highest BCUT2D eigenvalue weighted by molar-refractivity contribution is 6.50. The van der Waals surface area contributed by atoms with Gasteiger partial charge < -0.3 is 32.4 Å². The zero-order valence-corrected chi connectivity index (χ0v) is 11.9. The molecule has 0 aliphatic heterocycles. The van der Waals surface area contributed by atoms with Crippen molar-refractivity contribution in [3.05, 3.63) is 29.2 Å². The van der Waals surface area contributed by atoms with Crippen molar-refractivity contribution in [2.75, 3.05) is 31.2 Å². The summed E-state index contributed by atoms with van der Waals surface area (Å²) in [6, 6.07) is 7.17. The molecule has 1 aromatic carbocycles. The number of nitrogens with zero attached hydrogens (tertiary/aromatic N) is 3. The SMILES string of the molecule is F[B-](F)(F)F.N#[N+]c1ccc(N(CCCO)CCCO)cc1. The Kier molecular flexibility index (Phi) is 9.90. The third kappa shape index (κ3) is 10.9. The number of diazo groups is 1. The molecule has 0 atom stereocenters. The van der Waals surface area contributed by atoms with E-state index in [1.807, 2.05) is 12.1 Å². The van der Waals surface area contributed by atoms with Crippen LogP contribution in [0.25, 0.3) is 4.98 Å². The Morgan fingerprint density at radius 2 is 1.36 bits per heavy atom. The standard InChI is InChI=1S/C12H18N3O2.BF4/c13-14-11-3-5-12(6-4-11)15(7-1-9-16)8-2-10-17;2-1(3,4)5/h3-6,16-17H,1-2,7-10H2;/q+1;-1. The van der Waals surface area contributed by atoms with Gasteiger partial charge in [-0.2, -0.15) is 0 Å². The summed E-state index contributed by atoms with van der Waals surface area (Å²) in [6.45, 7) is 1.79. The smallest absolute Gasteiger partial charge is 0.418 e. The van der Waals surface area contributed by atoms with E-state index < -0.39 is 7.25 Å². The van der Waals surface area contributed by atoms with E-state index in [0.29, 0.717) is 18.5 Å². The quantitative estimate of drug-likeness (QED) is 0.460. The van der Waals surface area contributed by atoms with E-state index in [2.05, 4.69) is 9.88 Å². The van der Waals surface area contributed by atoms with Crippen LogP contribution in [-0.2, 0) is 0 Å². The van der Waals surface area contributed by atoms with Crippen LogP contribution in [0.2, 0.25) is 0 Å². The molecule has 124 valence electrons. The molecule has 5 nitrogen and oxygen atoms in total. The number of aliphatic hydroxyl groups is 2. The Labute approximate surface area is 125 Å². The zero-order chi connectivity index (χ0) is 17.0. The van der Waals surface area contributed by atoms with E-state index in [1.54, 1.807) is 12.1 Å². The van der Waals surface area contributed by atoms with Crippen LogP contribution in [-0.4, -0.2) is 43.8 Å². The van der Waals surface area contributed by atoms with Crippen LogP contribution >= 0.6 is 0 Å². The fourth-order valence-corrected chi connectivity index (χ4v) is 1.62. The molecule has 0 bridgehead atoms. The fourth-order valence-electron chi connectivity index (χ4n) is 1.62. The first-order valence-electron chi connectivity index (χ1n) is 6.61. The Morgan fingerprint density at radius 1 is 0.955 bits per heavy atom. The lowest BCUT2D eigenvalue weighted by molar-refractivity contribution is 0.282. The summed E-state index contributed by atoms with van der Waals surface area (Å²) in [5.41, 5.74) is 1.51. The Morgan fingerprint density at radius 3 is 1.68 bits per heavy atom. The van der Waals surface area contributed by atoms with Crippen molar-refractivity contribution < 1.29 is 27.5 Å². The minimum absolute atomic E-state index is 0.152. The van der Waals surface area contributed by atoms with Gasteiger partial charge in [0.15, 0.2) is 4.98 Å². The topological polar surface area (TPSA) is 71.9 Å². The lowest BCUT2D eigenvalue weighted by atomic mass is 10.2. The molecule has 0 spiro atoms. The maximum Gasteiger partial charge on any atom is 0.673 e. The Balaban J connectivity index is 0.000000763. The molecule has 0 aliphatic carbocycles. The second kappa shape index (κ2) is 10.8. The van der Waals surface area contributed by atoms with Gasteiger partial charge in [0.1, 0.15) is 0 Å². The van der Waals surface area contributed by atoms with Crippen molar-refractivity contribution in [1.29, 1.82) is 5.39 Å². The first-order chi connectivity index (χ1) is 10.3. The monoisotopic (exact) mass is 323 g/mol. The van der Waals surface area contributed by atoms with Crippen molar-refractivity contribution >= 4 is 18.6 Å². The number of halogens is 4. The van der Waals surface area contributed by atoms with E-state index >= 15 is 0 Å². The van der Waals surface area contributed by atoms with Gasteiger partial charge in [-0.25, -0.2) is 0 Å². The molecule has 0 fully saturated rings. The number of hydrogen-bond donors (Lipinski definition) is 2. The maximum absolute atomic E-state index is 9.75. The summed E-state index contributed by atoms with van der Waals surface area (Å²) in [6.07, 6.45) is 1.38. The average molecular weight is 323 g/mol. The van der Waals surface area contributed by atoms with E-state index in [4.69, 9.17) is 15.6 Å². The van der Waals surface area contributed by atoms with E-state index in [-0.39, 0.29) is 13.2 Å². The van der Waals surface area contributed by atoms with Crippen molar-refractivity contribution in [3.63, 3.8) is 0 Å². The molecular formula is C12H18BF4N3O2. The highest BCUT2D eigenvalue weighted by Gasteiger charge is 2.20. The third-order valence-corrected chi connectivity index (χ3v) is 2.50. The molecule has 1 aromatic rings. The molecule has 0 aromatic heterocycles. The second-order valence-corrected chi connectivity index (χ2v) is 4.25. The maximum atomic E-state index is 9.75. The molecule has 0 saturated heterocycles. The molecule has 2 N–H and O–H groups in total.